The Labute approximate surface area is 810 Å². The molecule has 13 aromatic rings. The summed E-state index contributed by atoms with van der Waals surface area (Å²) in [4.78, 5) is 38.7. The molecule has 17 rings (SSSR count). The maximum atomic E-state index is 15.0. The van der Waals surface area contributed by atoms with E-state index < -0.39 is 135 Å². The van der Waals surface area contributed by atoms with Crippen molar-refractivity contribution >= 4 is 11.9 Å². The molecule has 25 nitrogen and oxygen atoms in total. The molecule has 720 valence electrons. The monoisotopic (exact) mass is 1880 g/mol. The van der Waals surface area contributed by atoms with Crippen molar-refractivity contribution in [1.29, 1.82) is 0 Å². The van der Waals surface area contributed by atoms with Gasteiger partial charge in [-0.2, -0.15) is 0 Å². The van der Waals surface area contributed by atoms with Gasteiger partial charge in [0.25, 0.3) is 0 Å². The van der Waals surface area contributed by atoms with Crippen molar-refractivity contribution in [3.05, 3.63) is 455 Å². The molecule has 25 heteroatoms. The number of carbonyl (C=O) groups excluding carboxylic acids is 2. The standard InChI is InChI=1S/C114H116N2O23/c1-119-111-105(127-72-87-53-27-9-28-54-87)103(125-70-85-49-23-7-24-50-85)100(96(132-111)79-131-112-106(128-73-88-55-29-10-30-56-88)101(123-68-83-45-19-5-20-46-83)97(136-109(117)91-61-35-37-63-115-91)93(133-112)76-120-65-80-39-13-2-14-40-80)139-114-108(130-75-90-59-33-12-34-60-90)104(126-71-86-51-25-8-26-52-86)99(95(135-114)78-122-67-82-43-17-4-18-44-82)138-113-107(129-74-89-57-31-11-32-58-89)102(124-69-84-47-21-6-22-48-84)98(137-110(118)92-62-36-38-64-116-92)94(134-113)77-121-66-81-41-15-3-16-42-81/h2-64,93-108,111-114H,65-79H2,1H3/t93-,94-,95-,96-,97-,98-,99-,100-,101+,102+,103+,104+,105-,106-,107-,108-,111+,112+,113-,114-/m1/s1. The van der Waals surface area contributed by atoms with Crippen molar-refractivity contribution in [3.63, 3.8) is 0 Å². The van der Waals surface area contributed by atoms with Crippen LogP contribution in [-0.4, -0.2) is 178 Å². The molecule has 4 aliphatic rings. The van der Waals surface area contributed by atoms with Crippen molar-refractivity contribution in [2.24, 2.45) is 0 Å². The van der Waals surface area contributed by atoms with Crippen LogP contribution in [0, 0.1) is 0 Å². The van der Waals surface area contributed by atoms with Crippen molar-refractivity contribution < 1.29 is 109 Å². The van der Waals surface area contributed by atoms with Gasteiger partial charge in [-0.05, 0) is 85.5 Å². The zero-order valence-electron chi connectivity index (χ0n) is 77.3. The highest BCUT2D eigenvalue weighted by Crippen LogP contribution is 2.42. The van der Waals surface area contributed by atoms with Crippen LogP contribution >= 0.6 is 0 Å². The Balaban J connectivity index is 0.805. The second kappa shape index (κ2) is 52.2. The number of nitrogens with zero attached hydrogens (tertiary/aromatic N) is 2. The van der Waals surface area contributed by atoms with Crippen LogP contribution in [0.4, 0.5) is 0 Å². The van der Waals surface area contributed by atoms with Crippen LogP contribution < -0.4 is 0 Å². The number of carbonyl (C=O) groups is 2. The number of pyridine rings is 2. The van der Waals surface area contributed by atoms with Gasteiger partial charge in [-0.25, -0.2) is 19.6 Å². The van der Waals surface area contributed by atoms with Gasteiger partial charge in [0.1, 0.15) is 96.8 Å². The molecule has 6 heterocycles. The first-order chi connectivity index (χ1) is 68.7. The lowest BCUT2D eigenvalue weighted by molar-refractivity contribution is -0.395. The maximum Gasteiger partial charge on any atom is 0.357 e. The van der Waals surface area contributed by atoms with Gasteiger partial charge in [-0.15, -0.1) is 0 Å². The molecule has 139 heavy (non-hydrogen) atoms. The minimum atomic E-state index is -1.53. The summed E-state index contributed by atoms with van der Waals surface area (Å²) in [6.07, 6.45) is -22.1. The van der Waals surface area contributed by atoms with Crippen molar-refractivity contribution in [3.8, 4) is 0 Å². The summed E-state index contributed by atoms with van der Waals surface area (Å²) in [5.41, 5.74) is 9.22. The number of aromatic nitrogens is 2. The van der Waals surface area contributed by atoms with E-state index in [-0.39, 0.29) is 110 Å². The Bertz CT molecular complexity index is 5680. The average molecular weight is 1880 g/mol. The van der Waals surface area contributed by atoms with Crippen LogP contribution in [0.5, 0.6) is 0 Å². The molecule has 4 aliphatic heterocycles. The van der Waals surface area contributed by atoms with Crippen LogP contribution in [0.25, 0.3) is 0 Å². The molecule has 0 radical (unpaired) electrons. The van der Waals surface area contributed by atoms with E-state index in [0.717, 1.165) is 61.2 Å². The van der Waals surface area contributed by atoms with E-state index in [1.807, 2.05) is 334 Å². The Hall–Kier alpha value is -12.1. The van der Waals surface area contributed by atoms with E-state index in [9.17, 15) is 9.59 Å². The van der Waals surface area contributed by atoms with Gasteiger partial charge in [0.2, 0.25) is 0 Å². The third-order valence-electron chi connectivity index (χ3n) is 24.3. The number of esters is 2. The van der Waals surface area contributed by atoms with E-state index in [4.69, 9.17) is 99.5 Å². The second-order valence-electron chi connectivity index (χ2n) is 34.2. The molecule has 0 bridgehead atoms. The van der Waals surface area contributed by atoms with E-state index in [0.29, 0.717) is 0 Å². The molecule has 0 amide bonds. The minimum absolute atomic E-state index is 0.00148. The molecule has 4 fully saturated rings. The molecule has 0 unspecified atom stereocenters. The molecular formula is C114H116N2O23. The number of hydrogen-bond acceptors (Lipinski definition) is 25. The molecule has 0 N–H and O–H groups in total. The summed E-state index contributed by atoms with van der Waals surface area (Å²) in [6.45, 7) is -0.353. The molecule has 11 aromatic carbocycles. The van der Waals surface area contributed by atoms with E-state index in [1.54, 1.807) is 43.5 Å². The summed E-state index contributed by atoms with van der Waals surface area (Å²) in [5.74, 6) is -1.48. The number of ether oxygens (including phenoxy) is 21. The summed E-state index contributed by atoms with van der Waals surface area (Å²) >= 11 is 0. The van der Waals surface area contributed by atoms with Gasteiger partial charge in [-0.3, -0.25) is 0 Å². The summed E-state index contributed by atoms with van der Waals surface area (Å²) in [6, 6.07) is 117. The maximum absolute atomic E-state index is 15.0. The van der Waals surface area contributed by atoms with Crippen LogP contribution in [0.3, 0.4) is 0 Å². The highest BCUT2D eigenvalue weighted by Gasteiger charge is 2.59. The van der Waals surface area contributed by atoms with Gasteiger partial charge < -0.3 is 99.5 Å². The number of hydrogen-bond donors (Lipinski definition) is 0. The smallest absolute Gasteiger partial charge is 0.357 e. The largest absolute Gasteiger partial charge is 0.452 e. The fourth-order valence-corrected chi connectivity index (χ4v) is 17.2. The zero-order valence-corrected chi connectivity index (χ0v) is 77.3. The first kappa shape index (κ1) is 98.5. The fourth-order valence-electron chi connectivity index (χ4n) is 17.2. The third kappa shape index (κ3) is 28.4. The van der Waals surface area contributed by atoms with Crippen molar-refractivity contribution in [1.82, 2.24) is 9.97 Å². The topological polar surface area (TPSA) is 254 Å². The highest BCUT2D eigenvalue weighted by molar-refractivity contribution is 5.87. The van der Waals surface area contributed by atoms with Crippen molar-refractivity contribution in [2.75, 3.05) is 33.5 Å². The van der Waals surface area contributed by atoms with Crippen LogP contribution in [0.2, 0.25) is 0 Å². The summed E-state index contributed by atoms with van der Waals surface area (Å²) in [7, 11) is 1.54. The minimum Gasteiger partial charge on any atom is -0.452 e. The van der Waals surface area contributed by atoms with Crippen molar-refractivity contribution in [2.45, 2.75) is 195 Å². The quantitative estimate of drug-likeness (QED) is 0.0321. The fraction of sp³-hybridized carbons (Fsp3) is 0.316. The second-order valence-corrected chi connectivity index (χ2v) is 34.2. The Morgan fingerprint density at radius 1 is 0.216 bits per heavy atom. The normalized spacial score (nSPS) is 24.7. The molecule has 2 aromatic heterocycles. The van der Waals surface area contributed by atoms with Crippen LogP contribution in [0.15, 0.2) is 382 Å². The number of benzene rings is 11. The molecule has 0 aliphatic carbocycles. The first-order valence-electron chi connectivity index (χ1n) is 47.1. The van der Waals surface area contributed by atoms with Crippen LogP contribution in [0.1, 0.15) is 82.2 Å². The predicted octanol–water partition coefficient (Wildman–Crippen LogP) is 17.9. The van der Waals surface area contributed by atoms with E-state index in [2.05, 4.69) is 9.97 Å². The number of rotatable bonds is 48. The van der Waals surface area contributed by atoms with Gasteiger partial charge in [0.05, 0.1) is 99.1 Å². The van der Waals surface area contributed by atoms with Gasteiger partial charge >= 0.3 is 11.9 Å². The summed E-state index contributed by atoms with van der Waals surface area (Å²) in [5, 5.41) is 0. The van der Waals surface area contributed by atoms with Crippen LogP contribution in [-0.2, 0) is 172 Å². The average Bonchev–Trinajstić information content (AvgIpc) is 0.761. The number of methoxy groups -OCH3 is 1. The van der Waals surface area contributed by atoms with E-state index in [1.165, 1.54) is 12.4 Å². The zero-order chi connectivity index (χ0) is 94.6. The lowest BCUT2D eigenvalue weighted by atomic mass is 9.94. The van der Waals surface area contributed by atoms with Gasteiger partial charge in [0.15, 0.2) is 37.4 Å². The molecule has 0 saturated carbocycles. The molecular weight excluding hydrogens is 1770 g/mol. The lowest BCUT2D eigenvalue weighted by Crippen LogP contribution is -2.68. The Morgan fingerprint density at radius 2 is 0.424 bits per heavy atom. The Kier molecular flexibility index (Phi) is 37.0. The SMILES string of the molecule is CO[C@H]1O[C@H](CO[C@H]2O[C@H](COCc3ccccc3)[C@@H](OC(=O)c3ccccn3)[C@H](OCc3ccccc3)[C@H]2OCc2ccccc2)[C@@H](O[C@H]2O[C@H](COCc3ccccc3)[C@@H](O[C@H]3O[C@H](COCc4ccccc4)[C@@H](OC(=O)c4ccccn4)[C@H](OCc4ccccc4)[C@H]3OCc3ccccc3)[C@H](OCc3ccccc3)[C@H]2OCc2ccccc2)[C@H](OCc2ccccc2)[C@H]1OCc1ccccc1. The predicted molar refractivity (Wildman–Crippen MR) is 513 cm³/mol. The lowest BCUT2D eigenvalue weighted by Gasteiger charge is -2.52. The highest BCUT2D eigenvalue weighted by atomic mass is 16.8. The van der Waals surface area contributed by atoms with Gasteiger partial charge in [-0.1, -0.05) is 346 Å². The first-order valence-corrected chi connectivity index (χ1v) is 47.1. The van der Waals surface area contributed by atoms with E-state index >= 15 is 0 Å². The third-order valence-corrected chi connectivity index (χ3v) is 24.3. The Morgan fingerprint density at radius 3 is 0.683 bits per heavy atom. The molecule has 20 atom stereocenters. The molecule has 0 spiro atoms. The summed E-state index contributed by atoms with van der Waals surface area (Å²) < 4.78 is 153. The molecule has 4 saturated heterocycles. The van der Waals surface area contributed by atoms with Gasteiger partial charge in [0, 0.05) is 19.5 Å².